The number of benzene rings is 2. The van der Waals surface area contributed by atoms with Gasteiger partial charge in [-0.1, -0.05) is 73.9 Å². The number of rotatable bonds is 4. The zero-order valence-electron chi connectivity index (χ0n) is 13.8. The van der Waals surface area contributed by atoms with Crippen molar-refractivity contribution in [3.05, 3.63) is 71.3 Å². The third-order valence-electron chi connectivity index (χ3n) is 4.89. The molecule has 3 rings (SSSR count). The molecule has 1 amide bonds. The summed E-state index contributed by atoms with van der Waals surface area (Å²) in [7, 11) is 0. The summed E-state index contributed by atoms with van der Waals surface area (Å²) in [5.74, 6) is 0.390. The molecule has 0 radical (unpaired) electrons. The minimum atomic E-state index is -0.0631. The van der Waals surface area contributed by atoms with Gasteiger partial charge in [0.05, 0.1) is 6.04 Å². The van der Waals surface area contributed by atoms with Gasteiger partial charge in [-0.2, -0.15) is 0 Å². The van der Waals surface area contributed by atoms with E-state index in [0.717, 1.165) is 18.4 Å². The molecule has 0 heterocycles. The smallest absolute Gasteiger partial charge is 0.223 e. The predicted molar refractivity (Wildman–Crippen MR) is 94.2 cm³/mol. The van der Waals surface area contributed by atoms with Gasteiger partial charge < -0.3 is 5.32 Å². The van der Waals surface area contributed by atoms with Gasteiger partial charge >= 0.3 is 0 Å². The average Bonchev–Trinajstić information content (AvgIpc) is 2.62. The van der Waals surface area contributed by atoms with Crippen molar-refractivity contribution in [1.82, 2.24) is 5.32 Å². The maximum Gasteiger partial charge on any atom is 0.223 e. The fourth-order valence-corrected chi connectivity index (χ4v) is 3.52. The van der Waals surface area contributed by atoms with Crippen molar-refractivity contribution >= 4 is 5.91 Å². The molecule has 23 heavy (non-hydrogen) atoms. The highest BCUT2D eigenvalue weighted by Gasteiger charge is 2.25. The van der Waals surface area contributed by atoms with Gasteiger partial charge in [-0.05, 0) is 36.5 Å². The van der Waals surface area contributed by atoms with Crippen LogP contribution in [-0.2, 0) is 4.79 Å². The Hall–Kier alpha value is -2.09. The summed E-state index contributed by atoms with van der Waals surface area (Å²) in [6.07, 6.45) is 5.68. The van der Waals surface area contributed by atoms with Crippen LogP contribution < -0.4 is 5.32 Å². The number of amides is 1. The zero-order chi connectivity index (χ0) is 16.1. The summed E-state index contributed by atoms with van der Waals surface area (Å²) in [4.78, 5) is 12.8. The van der Waals surface area contributed by atoms with Crippen LogP contribution in [0.1, 0.15) is 54.8 Å². The molecule has 1 aliphatic carbocycles. The molecule has 2 nitrogen and oxygen atoms in total. The lowest BCUT2D eigenvalue weighted by atomic mass is 9.87. The summed E-state index contributed by atoms with van der Waals surface area (Å²) in [5.41, 5.74) is 3.54. The molecule has 1 aliphatic rings. The summed E-state index contributed by atoms with van der Waals surface area (Å²) >= 11 is 0. The van der Waals surface area contributed by atoms with E-state index in [2.05, 4.69) is 36.5 Å². The van der Waals surface area contributed by atoms with Gasteiger partial charge in [0.25, 0.3) is 0 Å². The Morgan fingerprint density at radius 3 is 2.30 bits per heavy atom. The molecule has 0 unspecified atom stereocenters. The number of hydrogen-bond acceptors (Lipinski definition) is 1. The molecular weight excluding hydrogens is 282 g/mol. The van der Waals surface area contributed by atoms with Gasteiger partial charge in [0.2, 0.25) is 5.91 Å². The van der Waals surface area contributed by atoms with Crippen molar-refractivity contribution in [3.8, 4) is 0 Å². The Kier molecular flexibility index (Phi) is 5.12. The van der Waals surface area contributed by atoms with E-state index in [0.29, 0.717) is 0 Å². The van der Waals surface area contributed by atoms with E-state index in [1.807, 2.05) is 30.3 Å². The van der Waals surface area contributed by atoms with Gasteiger partial charge in [-0.25, -0.2) is 0 Å². The van der Waals surface area contributed by atoms with E-state index in [1.165, 1.54) is 30.4 Å². The van der Waals surface area contributed by atoms with Crippen molar-refractivity contribution in [2.45, 2.75) is 45.1 Å². The minimum Gasteiger partial charge on any atom is -0.345 e. The standard InChI is InChI=1S/C21H25NO/c1-16-10-8-9-15-19(16)20(17-11-4-2-5-12-17)22-21(23)18-13-6-3-7-14-18/h2,4-5,8-12,15,18,20H,3,6-7,13-14H2,1H3,(H,22,23)/t20-/m1/s1. The Bertz CT molecular complexity index is 644. The number of aryl methyl sites for hydroxylation is 1. The molecule has 0 saturated heterocycles. The molecule has 1 atom stereocenters. The first-order chi connectivity index (χ1) is 11.3. The SMILES string of the molecule is Cc1ccccc1[C@H](NC(=O)C1CCCCC1)c1ccccc1. The second kappa shape index (κ2) is 7.45. The fourth-order valence-electron chi connectivity index (χ4n) is 3.52. The summed E-state index contributed by atoms with van der Waals surface area (Å²) < 4.78 is 0. The first-order valence-electron chi connectivity index (χ1n) is 8.66. The molecule has 120 valence electrons. The topological polar surface area (TPSA) is 29.1 Å². The van der Waals surface area contributed by atoms with Crippen molar-refractivity contribution in [1.29, 1.82) is 0 Å². The lowest BCUT2D eigenvalue weighted by Gasteiger charge is -2.26. The van der Waals surface area contributed by atoms with Crippen LogP contribution in [0, 0.1) is 12.8 Å². The first kappa shape index (κ1) is 15.8. The van der Waals surface area contributed by atoms with Crippen LogP contribution in [-0.4, -0.2) is 5.91 Å². The van der Waals surface area contributed by atoms with E-state index >= 15 is 0 Å². The first-order valence-corrected chi connectivity index (χ1v) is 8.66. The number of hydrogen-bond donors (Lipinski definition) is 1. The van der Waals surface area contributed by atoms with Gasteiger partial charge in [-0.15, -0.1) is 0 Å². The van der Waals surface area contributed by atoms with Gasteiger partial charge in [0.1, 0.15) is 0 Å². The van der Waals surface area contributed by atoms with Gasteiger partial charge in [0, 0.05) is 5.92 Å². The number of nitrogens with one attached hydrogen (secondary N) is 1. The summed E-state index contributed by atoms with van der Waals surface area (Å²) in [5, 5.41) is 3.32. The van der Waals surface area contributed by atoms with E-state index in [-0.39, 0.29) is 17.9 Å². The van der Waals surface area contributed by atoms with E-state index in [1.54, 1.807) is 0 Å². The third-order valence-corrected chi connectivity index (χ3v) is 4.89. The third kappa shape index (κ3) is 3.82. The minimum absolute atomic E-state index is 0.0631. The Morgan fingerprint density at radius 2 is 1.61 bits per heavy atom. The number of carbonyl (C=O) groups excluding carboxylic acids is 1. The molecule has 1 N–H and O–H groups in total. The van der Waals surface area contributed by atoms with Crippen LogP contribution >= 0.6 is 0 Å². The van der Waals surface area contributed by atoms with Crippen molar-refractivity contribution < 1.29 is 4.79 Å². The van der Waals surface area contributed by atoms with Gasteiger partial charge in [-0.3, -0.25) is 4.79 Å². The highest BCUT2D eigenvalue weighted by molar-refractivity contribution is 5.79. The van der Waals surface area contributed by atoms with Crippen molar-refractivity contribution in [2.24, 2.45) is 5.92 Å². The monoisotopic (exact) mass is 307 g/mol. The Labute approximate surface area is 138 Å². The highest BCUT2D eigenvalue weighted by Crippen LogP contribution is 2.28. The number of carbonyl (C=O) groups is 1. The predicted octanol–water partition coefficient (Wildman–Crippen LogP) is 4.78. The van der Waals surface area contributed by atoms with Crippen LogP contribution in [0.15, 0.2) is 54.6 Å². The van der Waals surface area contributed by atoms with Crippen LogP contribution in [0.5, 0.6) is 0 Å². The largest absolute Gasteiger partial charge is 0.345 e. The fraction of sp³-hybridized carbons (Fsp3) is 0.381. The van der Waals surface area contributed by atoms with Crippen LogP contribution in [0.2, 0.25) is 0 Å². The van der Waals surface area contributed by atoms with Crippen molar-refractivity contribution in [3.63, 3.8) is 0 Å². The van der Waals surface area contributed by atoms with Crippen molar-refractivity contribution in [2.75, 3.05) is 0 Å². The molecule has 0 spiro atoms. The molecule has 0 aromatic heterocycles. The quantitative estimate of drug-likeness (QED) is 0.865. The summed E-state index contributed by atoms with van der Waals surface area (Å²) in [6, 6.07) is 18.5. The molecule has 0 aliphatic heterocycles. The summed E-state index contributed by atoms with van der Waals surface area (Å²) in [6.45, 7) is 2.11. The van der Waals surface area contributed by atoms with Gasteiger partial charge in [0.15, 0.2) is 0 Å². The second-order valence-electron chi connectivity index (χ2n) is 6.54. The maximum atomic E-state index is 12.8. The Morgan fingerprint density at radius 1 is 0.957 bits per heavy atom. The molecule has 2 heteroatoms. The molecule has 2 aromatic carbocycles. The molecule has 0 bridgehead atoms. The van der Waals surface area contributed by atoms with Crippen LogP contribution in [0.25, 0.3) is 0 Å². The van der Waals surface area contributed by atoms with Crippen LogP contribution in [0.3, 0.4) is 0 Å². The van der Waals surface area contributed by atoms with Crippen LogP contribution in [0.4, 0.5) is 0 Å². The highest BCUT2D eigenvalue weighted by atomic mass is 16.1. The molecular formula is C21H25NO. The molecule has 2 aromatic rings. The Balaban J connectivity index is 1.87. The molecule has 1 fully saturated rings. The maximum absolute atomic E-state index is 12.8. The zero-order valence-corrected chi connectivity index (χ0v) is 13.8. The molecule has 1 saturated carbocycles. The van der Waals surface area contributed by atoms with E-state index < -0.39 is 0 Å². The van der Waals surface area contributed by atoms with E-state index in [4.69, 9.17) is 0 Å². The lowest BCUT2D eigenvalue weighted by Crippen LogP contribution is -2.35. The van der Waals surface area contributed by atoms with E-state index in [9.17, 15) is 4.79 Å². The lowest BCUT2D eigenvalue weighted by molar-refractivity contribution is -0.126. The normalized spacial score (nSPS) is 16.7. The second-order valence-corrected chi connectivity index (χ2v) is 6.54. The average molecular weight is 307 g/mol.